The normalized spacial score (nSPS) is 21.0. The molecule has 3 amide bonds. The molecule has 2 aliphatic heterocycles. The van der Waals surface area contributed by atoms with Crippen molar-refractivity contribution in [3.05, 3.63) is 93.5 Å². The minimum Gasteiger partial charge on any atom is -0.497 e. The van der Waals surface area contributed by atoms with Gasteiger partial charge >= 0.3 is 6.09 Å². The van der Waals surface area contributed by atoms with Crippen LogP contribution in [0, 0.1) is 0 Å². The molecule has 0 radical (unpaired) electrons. The van der Waals surface area contributed by atoms with Crippen LogP contribution in [0.1, 0.15) is 41.6 Å². The summed E-state index contributed by atoms with van der Waals surface area (Å²) in [6.45, 7) is 0.0227. The van der Waals surface area contributed by atoms with Gasteiger partial charge in [-0.2, -0.15) is 0 Å². The summed E-state index contributed by atoms with van der Waals surface area (Å²) in [6, 6.07) is 18.8. The second-order valence-corrected chi connectivity index (χ2v) is 10.7. The van der Waals surface area contributed by atoms with Crippen molar-refractivity contribution < 1.29 is 28.6 Å². The average Bonchev–Trinajstić information content (AvgIpc) is 3.51. The molecule has 10 nitrogen and oxygen atoms in total. The number of amides is 3. The van der Waals surface area contributed by atoms with Gasteiger partial charge in [-0.15, -0.1) is 0 Å². The Hall–Kier alpha value is -3.99. The summed E-state index contributed by atoms with van der Waals surface area (Å²) in [5, 5.41) is 9.66. The lowest BCUT2D eigenvalue weighted by Crippen LogP contribution is -2.38. The Labute approximate surface area is 253 Å². The van der Waals surface area contributed by atoms with Gasteiger partial charge < -0.3 is 35.9 Å². The van der Waals surface area contributed by atoms with Crippen LogP contribution in [0.5, 0.6) is 11.5 Å². The number of carbonyl (C=O) groups is 3. The number of nitrogens with two attached hydrogens (primary N) is 1. The third-order valence-corrected chi connectivity index (χ3v) is 7.33. The fraction of sp³-hybridized carbons (Fsp3) is 0.300. The maximum absolute atomic E-state index is 12.3. The Morgan fingerprint density at radius 3 is 2.07 bits per heavy atom. The van der Waals surface area contributed by atoms with Crippen LogP contribution >= 0.6 is 23.2 Å². The molecule has 0 bridgehead atoms. The van der Waals surface area contributed by atoms with Crippen LogP contribution in [0.25, 0.3) is 0 Å². The van der Waals surface area contributed by atoms with E-state index in [1.54, 1.807) is 49.6 Å². The summed E-state index contributed by atoms with van der Waals surface area (Å²) in [6.07, 6.45) is -0.0682. The summed E-state index contributed by atoms with van der Waals surface area (Å²) < 4.78 is 15.8. The number of ether oxygens (including phenoxy) is 3. The van der Waals surface area contributed by atoms with Gasteiger partial charge in [0.25, 0.3) is 0 Å². The molecule has 12 heteroatoms. The molecule has 0 aliphatic carbocycles. The molecule has 2 fully saturated rings. The maximum Gasteiger partial charge on any atom is 0.407 e. The van der Waals surface area contributed by atoms with Crippen molar-refractivity contribution >= 4 is 41.1 Å². The molecule has 0 spiro atoms. The predicted molar refractivity (Wildman–Crippen MR) is 159 cm³/mol. The lowest BCUT2D eigenvalue weighted by molar-refractivity contribution is -0.120. The van der Waals surface area contributed by atoms with Crippen LogP contribution in [0.2, 0.25) is 10.0 Å². The van der Waals surface area contributed by atoms with E-state index in [-0.39, 0.29) is 43.0 Å². The predicted octanol–water partition coefficient (Wildman–Crippen LogP) is 4.44. The Kier molecular flexibility index (Phi) is 10.5. The highest BCUT2D eigenvalue weighted by Gasteiger charge is 2.35. The minimum atomic E-state index is -0.619. The first kappa shape index (κ1) is 31.0. The molecule has 0 saturated carbocycles. The first-order chi connectivity index (χ1) is 20.2. The Balaban J connectivity index is 0.000000241. The van der Waals surface area contributed by atoms with E-state index in [1.165, 1.54) is 7.11 Å². The van der Waals surface area contributed by atoms with Crippen LogP contribution in [0.15, 0.2) is 66.7 Å². The van der Waals surface area contributed by atoms with Gasteiger partial charge in [-0.3, -0.25) is 9.59 Å². The zero-order valence-electron chi connectivity index (χ0n) is 23.1. The van der Waals surface area contributed by atoms with Crippen molar-refractivity contribution in [1.82, 2.24) is 16.0 Å². The molecule has 2 unspecified atom stereocenters. The molecule has 5 rings (SSSR count). The number of hydrogen-bond acceptors (Lipinski definition) is 7. The van der Waals surface area contributed by atoms with Crippen LogP contribution in [-0.2, 0) is 20.9 Å². The standard InChI is InChI=1S/C20H21ClN2O5.C10H11ClN2O/c1-26-15-7-6-13(17(9-15)27-2)11-28-20(25)22-16-10-18(24)23-19(16)12-4-3-5-14(21)8-12;11-7-3-1-2-6(4-7)10-8(12)5-9(14)13-10/h3-9,16,19H,10-11H2,1-2H3,(H,22,25)(H,23,24);1-4,8,10H,5,12H2,(H,13,14)/t16-,19?;8-,10?/m00/s1. The second kappa shape index (κ2) is 14.3. The molecule has 2 heterocycles. The quantitative estimate of drug-likeness (QED) is 0.308. The second-order valence-electron chi connectivity index (χ2n) is 9.78. The van der Waals surface area contributed by atoms with Crippen molar-refractivity contribution in [1.29, 1.82) is 0 Å². The van der Waals surface area contributed by atoms with E-state index in [4.69, 9.17) is 43.1 Å². The van der Waals surface area contributed by atoms with E-state index in [1.807, 2.05) is 24.3 Å². The molecule has 5 N–H and O–H groups in total. The van der Waals surface area contributed by atoms with Gasteiger partial charge in [0.2, 0.25) is 11.8 Å². The molecule has 3 aromatic rings. The van der Waals surface area contributed by atoms with Crippen molar-refractivity contribution in [3.63, 3.8) is 0 Å². The van der Waals surface area contributed by atoms with Gasteiger partial charge in [-0.25, -0.2) is 4.79 Å². The number of rotatable bonds is 7. The molecular formula is C30H32Cl2N4O6. The molecule has 42 heavy (non-hydrogen) atoms. The van der Waals surface area contributed by atoms with Gasteiger partial charge in [0.05, 0.1) is 32.3 Å². The van der Waals surface area contributed by atoms with Crippen molar-refractivity contribution in [2.75, 3.05) is 14.2 Å². The summed E-state index contributed by atoms with van der Waals surface area (Å²) in [5.41, 5.74) is 8.31. The highest BCUT2D eigenvalue weighted by atomic mass is 35.5. The maximum atomic E-state index is 12.3. The minimum absolute atomic E-state index is 0.00229. The largest absolute Gasteiger partial charge is 0.497 e. The number of benzene rings is 3. The van der Waals surface area contributed by atoms with Gasteiger partial charge in [0, 0.05) is 40.6 Å². The topological polar surface area (TPSA) is 141 Å². The zero-order chi connectivity index (χ0) is 30.2. The van der Waals surface area contributed by atoms with Crippen LogP contribution in [-0.4, -0.2) is 44.2 Å². The number of carbonyl (C=O) groups excluding carboxylic acids is 3. The molecular weight excluding hydrogens is 583 g/mol. The van der Waals surface area contributed by atoms with Gasteiger partial charge in [0.1, 0.15) is 18.1 Å². The molecule has 2 aliphatic rings. The monoisotopic (exact) mass is 614 g/mol. The summed E-state index contributed by atoms with van der Waals surface area (Å²) in [7, 11) is 3.09. The average molecular weight is 616 g/mol. The SMILES string of the molecule is COc1ccc(COC(=O)N[C@H]2CC(=O)NC2c2cccc(Cl)c2)c(OC)c1.N[C@H]1CC(=O)NC1c1cccc(Cl)c1. The van der Waals surface area contributed by atoms with E-state index in [0.717, 1.165) is 11.1 Å². The number of hydrogen-bond donors (Lipinski definition) is 4. The highest BCUT2D eigenvalue weighted by Crippen LogP contribution is 2.28. The van der Waals surface area contributed by atoms with Crippen molar-refractivity contribution in [3.8, 4) is 11.5 Å². The van der Waals surface area contributed by atoms with Crippen LogP contribution in [0.3, 0.4) is 0 Å². The Morgan fingerprint density at radius 2 is 1.50 bits per heavy atom. The summed E-state index contributed by atoms with van der Waals surface area (Å²) in [4.78, 5) is 35.2. The van der Waals surface area contributed by atoms with Crippen LogP contribution in [0.4, 0.5) is 4.79 Å². The lowest BCUT2D eigenvalue weighted by Gasteiger charge is -2.20. The van der Waals surface area contributed by atoms with Gasteiger partial charge in [-0.1, -0.05) is 47.5 Å². The number of alkyl carbamates (subject to hydrolysis) is 1. The molecule has 4 atom stereocenters. The van der Waals surface area contributed by atoms with E-state index in [0.29, 0.717) is 33.5 Å². The third-order valence-electron chi connectivity index (χ3n) is 6.86. The van der Waals surface area contributed by atoms with E-state index < -0.39 is 12.1 Å². The van der Waals surface area contributed by atoms with E-state index in [2.05, 4.69) is 16.0 Å². The van der Waals surface area contributed by atoms with Gasteiger partial charge in [0.15, 0.2) is 0 Å². The first-order valence-electron chi connectivity index (χ1n) is 13.2. The number of nitrogens with one attached hydrogen (secondary N) is 3. The van der Waals surface area contributed by atoms with E-state index in [9.17, 15) is 14.4 Å². The fourth-order valence-electron chi connectivity index (χ4n) is 4.81. The third kappa shape index (κ3) is 8.06. The Morgan fingerprint density at radius 1 is 0.881 bits per heavy atom. The smallest absolute Gasteiger partial charge is 0.407 e. The Bertz CT molecular complexity index is 1440. The first-order valence-corrected chi connectivity index (χ1v) is 13.9. The fourth-order valence-corrected chi connectivity index (χ4v) is 5.21. The van der Waals surface area contributed by atoms with Crippen LogP contribution < -0.4 is 31.2 Å². The molecule has 0 aromatic heterocycles. The van der Waals surface area contributed by atoms with Crippen molar-refractivity contribution in [2.24, 2.45) is 5.73 Å². The number of halogens is 2. The molecule has 2 saturated heterocycles. The zero-order valence-corrected chi connectivity index (χ0v) is 24.6. The van der Waals surface area contributed by atoms with Crippen molar-refractivity contribution in [2.45, 2.75) is 43.6 Å². The number of methoxy groups -OCH3 is 2. The summed E-state index contributed by atoms with van der Waals surface area (Å²) in [5.74, 6) is 1.06. The summed E-state index contributed by atoms with van der Waals surface area (Å²) >= 11 is 11.9. The molecule has 222 valence electrons. The molecule has 3 aromatic carbocycles. The highest BCUT2D eigenvalue weighted by molar-refractivity contribution is 6.30. The van der Waals surface area contributed by atoms with E-state index >= 15 is 0 Å². The van der Waals surface area contributed by atoms with Gasteiger partial charge in [-0.05, 0) is 47.5 Å². The lowest BCUT2D eigenvalue weighted by atomic mass is 10.0.